The minimum atomic E-state index is -1.14. The van der Waals surface area contributed by atoms with E-state index in [1.807, 2.05) is 0 Å². The lowest BCUT2D eigenvalue weighted by Crippen LogP contribution is -2.03. The van der Waals surface area contributed by atoms with E-state index in [0.717, 1.165) is 30.9 Å². The van der Waals surface area contributed by atoms with Gasteiger partial charge in [0.05, 0.1) is 6.61 Å². The van der Waals surface area contributed by atoms with Crippen LogP contribution in [0.4, 0.5) is 0 Å². The lowest BCUT2D eigenvalue weighted by atomic mass is 10.0. The van der Waals surface area contributed by atoms with Gasteiger partial charge in [0.25, 0.3) is 0 Å². The smallest absolute Gasteiger partial charge is 0.331 e. The van der Waals surface area contributed by atoms with E-state index in [-0.39, 0.29) is 0 Å². The summed E-state index contributed by atoms with van der Waals surface area (Å²) in [5, 5.41) is 8.33. The van der Waals surface area contributed by atoms with E-state index in [4.69, 9.17) is 9.84 Å². The average Bonchev–Trinajstić information content (AvgIpc) is 2.38. The van der Waals surface area contributed by atoms with Crippen LogP contribution in [0, 0.1) is 5.92 Å². The van der Waals surface area contributed by atoms with Crippen LogP contribution in [-0.4, -0.2) is 23.7 Å². The second-order valence-electron chi connectivity index (χ2n) is 5.50. The Kier molecular flexibility index (Phi) is 11.9. The Labute approximate surface area is 122 Å². The number of hydrogen-bond donors (Lipinski definition) is 1. The molecule has 0 aliphatic rings. The molecule has 116 valence electrons. The summed E-state index contributed by atoms with van der Waals surface area (Å²) < 4.78 is 4.87. The number of carboxylic acids is 1. The monoisotopic (exact) mass is 284 g/mol. The molecule has 0 unspecified atom stereocenters. The molecule has 0 aliphatic heterocycles. The van der Waals surface area contributed by atoms with E-state index in [2.05, 4.69) is 13.8 Å². The van der Waals surface area contributed by atoms with Gasteiger partial charge in [-0.2, -0.15) is 0 Å². The Morgan fingerprint density at radius 3 is 2.05 bits per heavy atom. The molecule has 0 radical (unpaired) electrons. The number of carbonyl (C=O) groups excluding carboxylic acids is 1. The van der Waals surface area contributed by atoms with Crippen LogP contribution in [-0.2, 0) is 14.3 Å². The number of unbranched alkanes of at least 4 members (excludes halogenated alkanes) is 6. The van der Waals surface area contributed by atoms with E-state index in [9.17, 15) is 9.59 Å². The summed E-state index contributed by atoms with van der Waals surface area (Å²) in [5.41, 5.74) is 0. The zero-order valence-corrected chi connectivity index (χ0v) is 12.8. The summed E-state index contributed by atoms with van der Waals surface area (Å²) in [4.78, 5) is 21.2. The van der Waals surface area contributed by atoms with Crippen LogP contribution in [0.2, 0.25) is 0 Å². The molecule has 0 rings (SSSR count). The summed E-state index contributed by atoms with van der Waals surface area (Å²) in [5.74, 6) is -0.916. The predicted molar refractivity (Wildman–Crippen MR) is 79.5 cm³/mol. The molecule has 0 aromatic carbocycles. The maximum absolute atomic E-state index is 11.0. The van der Waals surface area contributed by atoms with Crippen LogP contribution in [0.5, 0.6) is 0 Å². The Morgan fingerprint density at radius 1 is 0.950 bits per heavy atom. The molecule has 4 heteroatoms. The van der Waals surface area contributed by atoms with Crippen LogP contribution in [0.15, 0.2) is 12.2 Å². The van der Waals surface area contributed by atoms with Gasteiger partial charge in [-0.1, -0.05) is 58.8 Å². The molecule has 20 heavy (non-hydrogen) atoms. The van der Waals surface area contributed by atoms with Gasteiger partial charge in [-0.3, -0.25) is 0 Å². The third-order valence-electron chi connectivity index (χ3n) is 3.03. The SMILES string of the molecule is CC(C)CCCCCCCCCOC(=O)C=CC(=O)O. The fraction of sp³-hybridized carbons (Fsp3) is 0.750. The summed E-state index contributed by atoms with van der Waals surface area (Å²) in [7, 11) is 0. The van der Waals surface area contributed by atoms with Crippen molar-refractivity contribution in [1.29, 1.82) is 0 Å². The third-order valence-corrected chi connectivity index (χ3v) is 3.03. The van der Waals surface area contributed by atoms with E-state index < -0.39 is 11.9 Å². The van der Waals surface area contributed by atoms with Crippen molar-refractivity contribution in [3.63, 3.8) is 0 Å². The van der Waals surface area contributed by atoms with E-state index in [1.165, 1.54) is 38.5 Å². The highest BCUT2D eigenvalue weighted by Crippen LogP contribution is 2.11. The van der Waals surface area contributed by atoms with Gasteiger partial charge in [0.2, 0.25) is 0 Å². The highest BCUT2D eigenvalue weighted by molar-refractivity contribution is 5.90. The van der Waals surface area contributed by atoms with Gasteiger partial charge in [0.1, 0.15) is 0 Å². The van der Waals surface area contributed by atoms with E-state index >= 15 is 0 Å². The third kappa shape index (κ3) is 14.7. The van der Waals surface area contributed by atoms with Gasteiger partial charge in [0, 0.05) is 12.2 Å². The maximum atomic E-state index is 11.0. The topological polar surface area (TPSA) is 63.6 Å². The molecule has 0 amide bonds. The molecule has 0 atom stereocenters. The summed E-state index contributed by atoms with van der Waals surface area (Å²) in [6, 6.07) is 0. The number of hydrogen-bond acceptors (Lipinski definition) is 3. The Hall–Kier alpha value is -1.32. The second kappa shape index (κ2) is 12.7. The van der Waals surface area contributed by atoms with Crippen molar-refractivity contribution < 1.29 is 19.4 Å². The highest BCUT2D eigenvalue weighted by Gasteiger charge is 1.98. The average molecular weight is 284 g/mol. The molecule has 0 aliphatic carbocycles. The van der Waals surface area contributed by atoms with Crippen molar-refractivity contribution in [3.05, 3.63) is 12.2 Å². The molecular formula is C16H28O4. The Morgan fingerprint density at radius 2 is 1.50 bits per heavy atom. The molecule has 0 aromatic rings. The van der Waals surface area contributed by atoms with Gasteiger partial charge in [-0.25, -0.2) is 9.59 Å². The van der Waals surface area contributed by atoms with Crippen molar-refractivity contribution in [1.82, 2.24) is 0 Å². The molecule has 4 nitrogen and oxygen atoms in total. The largest absolute Gasteiger partial charge is 0.478 e. The fourth-order valence-electron chi connectivity index (χ4n) is 1.90. The zero-order valence-electron chi connectivity index (χ0n) is 12.8. The highest BCUT2D eigenvalue weighted by atomic mass is 16.5. The zero-order chi connectivity index (χ0) is 15.2. The van der Waals surface area contributed by atoms with Gasteiger partial charge in [-0.15, -0.1) is 0 Å². The number of aliphatic carboxylic acids is 1. The fourth-order valence-corrected chi connectivity index (χ4v) is 1.90. The number of carboxylic acid groups (broad SMARTS) is 1. The Bertz CT molecular complexity index is 295. The second-order valence-corrected chi connectivity index (χ2v) is 5.50. The minimum Gasteiger partial charge on any atom is -0.478 e. The maximum Gasteiger partial charge on any atom is 0.331 e. The molecule has 0 heterocycles. The molecule has 0 spiro atoms. The first-order valence-electron chi connectivity index (χ1n) is 7.60. The summed E-state index contributed by atoms with van der Waals surface area (Å²) in [6.07, 6.45) is 11.3. The molecule has 0 bridgehead atoms. The number of rotatable bonds is 12. The predicted octanol–water partition coefficient (Wildman–Crippen LogP) is 3.95. The van der Waals surface area contributed by atoms with Crippen LogP contribution >= 0.6 is 0 Å². The summed E-state index contributed by atoms with van der Waals surface area (Å²) >= 11 is 0. The minimum absolute atomic E-state index is 0.371. The Balaban J connectivity index is 3.24. The van der Waals surface area contributed by atoms with Gasteiger partial charge < -0.3 is 9.84 Å². The molecule has 0 aromatic heterocycles. The quantitative estimate of drug-likeness (QED) is 0.335. The van der Waals surface area contributed by atoms with Gasteiger partial charge >= 0.3 is 11.9 Å². The van der Waals surface area contributed by atoms with Gasteiger partial charge in [0.15, 0.2) is 0 Å². The first kappa shape index (κ1) is 18.7. The molecular weight excluding hydrogens is 256 g/mol. The van der Waals surface area contributed by atoms with Crippen molar-refractivity contribution in [2.45, 2.75) is 65.2 Å². The van der Waals surface area contributed by atoms with E-state index in [0.29, 0.717) is 6.61 Å². The molecule has 0 fully saturated rings. The van der Waals surface area contributed by atoms with Gasteiger partial charge in [-0.05, 0) is 12.3 Å². The van der Waals surface area contributed by atoms with Crippen molar-refractivity contribution in [2.75, 3.05) is 6.61 Å². The first-order valence-corrected chi connectivity index (χ1v) is 7.60. The van der Waals surface area contributed by atoms with Crippen LogP contribution in [0.3, 0.4) is 0 Å². The lowest BCUT2D eigenvalue weighted by molar-refractivity contribution is -0.138. The molecule has 0 saturated heterocycles. The van der Waals surface area contributed by atoms with Crippen molar-refractivity contribution in [2.24, 2.45) is 5.92 Å². The number of esters is 1. The normalized spacial score (nSPS) is 11.2. The number of carbonyl (C=O) groups is 2. The molecule has 1 N–H and O–H groups in total. The van der Waals surface area contributed by atoms with E-state index in [1.54, 1.807) is 0 Å². The van der Waals surface area contributed by atoms with Crippen molar-refractivity contribution in [3.8, 4) is 0 Å². The van der Waals surface area contributed by atoms with Crippen LogP contribution in [0.25, 0.3) is 0 Å². The lowest BCUT2D eigenvalue weighted by Gasteiger charge is -2.04. The van der Waals surface area contributed by atoms with Crippen LogP contribution in [0.1, 0.15) is 65.2 Å². The van der Waals surface area contributed by atoms with Crippen molar-refractivity contribution >= 4 is 11.9 Å². The first-order chi connectivity index (χ1) is 9.52. The molecule has 0 saturated carbocycles. The summed E-state index contributed by atoms with van der Waals surface area (Å²) in [6.45, 7) is 4.88. The van der Waals surface area contributed by atoms with Crippen LogP contribution < -0.4 is 0 Å². The standard InChI is InChI=1S/C16H28O4/c1-14(2)10-8-6-4-3-5-7-9-13-20-16(19)12-11-15(17)18/h11-12,14H,3-10,13H2,1-2H3,(H,17,18). The number of ether oxygens (including phenoxy) is 1.